The van der Waals surface area contributed by atoms with Crippen molar-refractivity contribution < 1.29 is 14.3 Å². The fraction of sp³-hybridized carbons (Fsp3) is 0.409. The minimum absolute atomic E-state index is 0.257. The standard InChI is InChI=1S/C22H24N2O5S/c1-13-12-30-20-18(13)19(25)24(16-10-15(11-16)21(26)29-3)22(27)23(20)9-8-14-6-4-5-7-17(14)28-2/h4-7,12,15-16H,8-11H2,1-3H3. The SMILES string of the molecule is COC(=O)C1CC(n2c(=O)c3c(C)csc3n(CCc3ccccc3OC)c2=O)C1. The number of fused-ring (bicyclic) bond motifs is 1. The van der Waals surface area contributed by atoms with Gasteiger partial charge in [-0.25, -0.2) is 4.79 Å². The van der Waals surface area contributed by atoms with Crippen LogP contribution in [-0.4, -0.2) is 29.3 Å². The van der Waals surface area contributed by atoms with E-state index in [9.17, 15) is 14.4 Å². The number of benzene rings is 1. The Morgan fingerprint density at radius 2 is 1.93 bits per heavy atom. The van der Waals surface area contributed by atoms with Crippen molar-refractivity contribution in [1.82, 2.24) is 9.13 Å². The fourth-order valence-electron chi connectivity index (χ4n) is 4.13. The summed E-state index contributed by atoms with van der Waals surface area (Å²) in [5.74, 6) is 0.230. The molecule has 3 aromatic rings. The van der Waals surface area contributed by atoms with E-state index in [4.69, 9.17) is 9.47 Å². The van der Waals surface area contributed by atoms with Crippen LogP contribution in [0.5, 0.6) is 5.75 Å². The van der Waals surface area contributed by atoms with E-state index in [1.165, 1.54) is 23.0 Å². The van der Waals surface area contributed by atoms with E-state index < -0.39 is 0 Å². The molecule has 0 spiro atoms. The molecule has 4 rings (SSSR count). The van der Waals surface area contributed by atoms with Crippen LogP contribution >= 0.6 is 11.3 Å². The molecule has 2 aromatic heterocycles. The van der Waals surface area contributed by atoms with Gasteiger partial charge in [0, 0.05) is 12.6 Å². The molecule has 1 aromatic carbocycles. The number of carbonyl (C=O) groups excluding carboxylic acids is 1. The summed E-state index contributed by atoms with van der Waals surface area (Å²) in [5.41, 5.74) is 1.28. The van der Waals surface area contributed by atoms with Crippen molar-refractivity contribution >= 4 is 27.5 Å². The molecule has 1 saturated carbocycles. The highest BCUT2D eigenvalue weighted by Gasteiger charge is 2.38. The average molecular weight is 429 g/mol. The molecule has 1 fully saturated rings. The Kier molecular flexibility index (Phi) is 5.51. The molecule has 0 bridgehead atoms. The number of thiophene rings is 1. The van der Waals surface area contributed by atoms with Crippen LogP contribution in [0.3, 0.4) is 0 Å². The van der Waals surface area contributed by atoms with Crippen LogP contribution in [0.1, 0.15) is 30.0 Å². The van der Waals surface area contributed by atoms with E-state index in [-0.39, 0.29) is 29.2 Å². The Morgan fingerprint density at radius 3 is 2.63 bits per heavy atom. The third-order valence-corrected chi connectivity index (χ3v) is 7.00. The Bertz CT molecular complexity index is 1220. The van der Waals surface area contributed by atoms with E-state index in [1.54, 1.807) is 11.7 Å². The van der Waals surface area contributed by atoms with Crippen LogP contribution in [0.25, 0.3) is 10.2 Å². The van der Waals surface area contributed by atoms with Crippen molar-refractivity contribution in [2.45, 2.75) is 38.8 Å². The molecule has 1 aliphatic carbocycles. The number of nitrogens with zero attached hydrogens (tertiary/aromatic N) is 2. The highest BCUT2D eigenvalue weighted by atomic mass is 32.1. The molecule has 2 heterocycles. The molecule has 30 heavy (non-hydrogen) atoms. The first-order valence-corrected chi connectivity index (χ1v) is 10.8. The lowest BCUT2D eigenvalue weighted by molar-refractivity contribution is -0.149. The van der Waals surface area contributed by atoms with Gasteiger partial charge in [0.05, 0.1) is 25.5 Å². The zero-order valence-corrected chi connectivity index (χ0v) is 18.0. The van der Waals surface area contributed by atoms with Gasteiger partial charge in [-0.3, -0.25) is 18.7 Å². The van der Waals surface area contributed by atoms with Gasteiger partial charge in [-0.1, -0.05) is 18.2 Å². The van der Waals surface area contributed by atoms with Crippen molar-refractivity contribution in [3.8, 4) is 5.75 Å². The zero-order valence-electron chi connectivity index (χ0n) is 17.2. The summed E-state index contributed by atoms with van der Waals surface area (Å²) < 4.78 is 13.2. The van der Waals surface area contributed by atoms with Crippen LogP contribution in [0.2, 0.25) is 0 Å². The number of para-hydroxylation sites is 1. The van der Waals surface area contributed by atoms with E-state index in [2.05, 4.69) is 0 Å². The average Bonchev–Trinajstić information content (AvgIpc) is 3.10. The molecule has 158 valence electrons. The molecule has 0 unspecified atom stereocenters. The summed E-state index contributed by atoms with van der Waals surface area (Å²) in [4.78, 5) is 39.0. The second-order valence-corrected chi connectivity index (χ2v) is 8.47. The van der Waals surface area contributed by atoms with E-state index in [1.807, 2.05) is 36.6 Å². The minimum atomic E-state index is -0.322. The van der Waals surface area contributed by atoms with Gasteiger partial charge in [0.25, 0.3) is 5.56 Å². The van der Waals surface area contributed by atoms with Gasteiger partial charge < -0.3 is 9.47 Å². The zero-order chi connectivity index (χ0) is 21.4. The quantitative estimate of drug-likeness (QED) is 0.564. The van der Waals surface area contributed by atoms with Crippen molar-refractivity contribution in [2.24, 2.45) is 5.92 Å². The van der Waals surface area contributed by atoms with Crippen LogP contribution < -0.4 is 16.0 Å². The number of hydrogen-bond donors (Lipinski definition) is 0. The highest BCUT2D eigenvalue weighted by molar-refractivity contribution is 7.17. The topological polar surface area (TPSA) is 79.5 Å². The van der Waals surface area contributed by atoms with Crippen LogP contribution in [-0.2, 0) is 22.5 Å². The van der Waals surface area contributed by atoms with Crippen molar-refractivity contribution in [3.63, 3.8) is 0 Å². The molecule has 0 saturated heterocycles. The Balaban J connectivity index is 1.74. The first-order chi connectivity index (χ1) is 14.5. The van der Waals surface area contributed by atoms with Crippen molar-refractivity contribution in [3.05, 3.63) is 61.6 Å². The summed E-state index contributed by atoms with van der Waals surface area (Å²) >= 11 is 1.41. The number of aryl methyl sites for hydroxylation is 3. The summed E-state index contributed by atoms with van der Waals surface area (Å²) in [6.07, 6.45) is 1.50. The molecule has 0 aliphatic heterocycles. The van der Waals surface area contributed by atoms with Gasteiger partial charge >= 0.3 is 11.7 Å². The fourth-order valence-corrected chi connectivity index (χ4v) is 5.20. The maximum Gasteiger partial charge on any atom is 0.332 e. The normalized spacial score (nSPS) is 18.2. The first kappa shape index (κ1) is 20.4. The predicted octanol–water partition coefficient (Wildman–Crippen LogP) is 2.91. The first-order valence-electron chi connectivity index (χ1n) is 9.89. The lowest BCUT2D eigenvalue weighted by atomic mass is 9.80. The van der Waals surface area contributed by atoms with Crippen LogP contribution in [0.4, 0.5) is 0 Å². The molecule has 0 radical (unpaired) electrons. The largest absolute Gasteiger partial charge is 0.496 e. The smallest absolute Gasteiger partial charge is 0.332 e. The molecule has 0 amide bonds. The van der Waals surface area contributed by atoms with Crippen molar-refractivity contribution in [2.75, 3.05) is 14.2 Å². The molecule has 0 atom stereocenters. The second kappa shape index (κ2) is 8.10. The molecule has 7 nitrogen and oxygen atoms in total. The third-order valence-electron chi connectivity index (χ3n) is 5.88. The number of ether oxygens (including phenoxy) is 2. The maximum atomic E-state index is 13.4. The molecule has 0 N–H and O–H groups in total. The number of methoxy groups -OCH3 is 2. The van der Waals surface area contributed by atoms with E-state index >= 15 is 0 Å². The van der Waals surface area contributed by atoms with Gasteiger partial charge in [0.2, 0.25) is 0 Å². The van der Waals surface area contributed by atoms with Gasteiger partial charge in [-0.2, -0.15) is 0 Å². The Labute approximate surface area is 177 Å². The summed E-state index contributed by atoms with van der Waals surface area (Å²) in [5, 5.41) is 2.49. The summed E-state index contributed by atoms with van der Waals surface area (Å²) in [7, 11) is 2.98. The second-order valence-electron chi connectivity index (χ2n) is 7.62. The van der Waals surface area contributed by atoms with Crippen molar-refractivity contribution in [1.29, 1.82) is 0 Å². The number of rotatable bonds is 6. The monoisotopic (exact) mass is 428 g/mol. The van der Waals surface area contributed by atoms with E-state index in [0.717, 1.165) is 16.9 Å². The number of hydrogen-bond acceptors (Lipinski definition) is 6. The van der Waals surface area contributed by atoms with Gasteiger partial charge in [0.15, 0.2) is 0 Å². The maximum absolute atomic E-state index is 13.4. The number of carbonyl (C=O) groups is 1. The summed E-state index contributed by atoms with van der Waals surface area (Å²) in [6, 6.07) is 7.43. The molecular formula is C22H24N2O5S. The molecule has 8 heteroatoms. The minimum Gasteiger partial charge on any atom is -0.496 e. The van der Waals surface area contributed by atoms with Crippen LogP contribution in [0.15, 0.2) is 39.2 Å². The van der Waals surface area contributed by atoms with E-state index in [0.29, 0.717) is 36.0 Å². The molecular weight excluding hydrogens is 404 g/mol. The van der Waals surface area contributed by atoms with Gasteiger partial charge in [-0.05, 0) is 48.8 Å². The Hall–Kier alpha value is -2.87. The number of esters is 1. The number of aromatic nitrogens is 2. The van der Waals surface area contributed by atoms with Gasteiger partial charge in [-0.15, -0.1) is 11.3 Å². The highest BCUT2D eigenvalue weighted by Crippen LogP contribution is 2.37. The lowest BCUT2D eigenvalue weighted by Crippen LogP contribution is -2.47. The lowest BCUT2D eigenvalue weighted by Gasteiger charge is -2.34. The molecule has 1 aliphatic rings. The summed E-state index contributed by atoms with van der Waals surface area (Å²) in [6.45, 7) is 2.32. The Morgan fingerprint density at radius 1 is 1.20 bits per heavy atom. The third kappa shape index (κ3) is 3.35. The predicted molar refractivity (Wildman–Crippen MR) is 116 cm³/mol. The van der Waals surface area contributed by atoms with Gasteiger partial charge in [0.1, 0.15) is 10.6 Å². The van der Waals surface area contributed by atoms with Crippen LogP contribution in [0, 0.1) is 12.8 Å².